The minimum atomic E-state index is -3.77. The summed E-state index contributed by atoms with van der Waals surface area (Å²) < 4.78 is 30.2. The van der Waals surface area contributed by atoms with E-state index in [0.717, 1.165) is 54.7 Å². The first-order valence-corrected chi connectivity index (χ1v) is 14.0. The molecule has 1 aliphatic rings. The van der Waals surface area contributed by atoms with E-state index < -0.39 is 10.0 Å². The Morgan fingerprint density at radius 1 is 0.944 bits per heavy atom. The lowest BCUT2D eigenvalue weighted by atomic mass is 10.0. The quantitative estimate of drug-likeness (QED) is 0.288. The molecule has 9 heteroatoms. The lowest BCUT2D eigenvalue weighted by Gasteiger charge is -2.33. The molecular weight excluding hydrogens is 494 g/mol. The number of fused-ring (bicyclic) bond motifs is 3. The lowest BCUT2D eigenvalue weighted by molar-refractivity contribution is 0.180. The predicted molar refractivity (Wildman–Crippen MR) is 142 cm³/mol. The van der Waals surface area contributed by atoms with Crippen molar-refractivity contribution in [2.45, 2.75) is 36.2 Å². The van der Waals surface area contributed by atoms with Crippen molar-refractivity contribution in [1.29, 1.82) is 0 Å². The molecule has 4 heterocycles. The van der Waals surface area contributed by atoms with Gasteiger partial charge in [-0.3, -0.25) is 4.90 Å². The van der Waals surface area contributed by atoms with Crippen LogP contribution in [0, 0.1) is 0 Å². The summed E-state index contributed by atoms with van der Waals surface area (Å²) in [6.07, 6.45) is 5.18. The summed E-state index contributed by atoms with van der Waals surface area (Å²) in [5, 5.41) is 0.766. The van der Waals surface area contributed by atoms with Crippen LogP contribution < -0.4 is 0 Å². The Labute approximate surface area is 215 Å². The molecule has 2 aromatic carbocycles. The van der Waals surface area contributed by atoms with Crippen molar-refractivity contribution in [2.24, 2.45) is 0 Å². The number of piperidine rings is 1. The SMILES string of the molecule is O=S(=O)(c1ccccc1)n1ccc2c1ncc1nc(CCl)n(C3CCN(Cc4ccccc4)CC3)c12. The molecule has 1 saturated heterocycles. The highest BCUT2D eigenvalue weighted by Gasteiger charge is 2.27. The standard InChI is InChI=1S/C27H26ClN5O2S/c28-17-25-30-24-18-29-27-23(13-16-32(27)36(34,35)22-9-5-2-6-10-22)26(24)33(25)21-11-14-31(15-12-21)19-20-7-3-1-4-8-20/h1-10,13,16,18,21H,11-12,14-15,17,19H2. The topological polar surface area (TPSA) is 73.0 Å². The van der Waals surface area contributed by atoms with Gasteiger partial charge in [-0.1, -0.05) is 48.5 Å². The maximum Gasteiger partial charge on any atom is 0.269 e. The van der Waals surface area contributed by atoms with E-state index in [2.05, 4.69) is 38.7 Å². The van der Waals surface area contributed by atoms with Crippen molar-refractivity contribution in [1.82, 2.24) is 23.4 Å². The summed E-state index contributed by atoms with van der Waals surface area (Å²) in [5.74, 6) is 1.07. The molecule has 3 aromatic heterocycles. The first kappa shape index (κ1) is 23.2. The number of alkyl halides is 1. The Morgan fingerprint density at radius 3 is 2.33 bits per heavy atom. The molecule has 0 unspecified atom stereocenters. The largest absolute Gasteiger partial charge is 0.323 e. The summed E-state index contributed by atoms with van der Waals surface area (Å²) >= 11 is 6.35. The van der Waals surface area contributed by atoms with E-state index >= 15 is 0 Å². The lowest BCUT2D eigenvalue weighted by Crippen LogP contribution is -2.34. The van der Waals surface area contributed by atoms with Crippen LogP contribution in [-0.4, -0.2) is 44.9 Å². The van der Waals surface area contributed by atoms with Gasteiger partial charge in [0.2, 0.25) is 0 Å². The number of imidazole rings is 1. The molecule has 0 amide bonds. The predicted octanol–water partition coefficient (Wildman–Crippen LogP) is 5.20. The van der Waals surface area contributed by atoms with Gasteiger partial charge in [0.25, 0.3) is 10.0 Å². The van der Waals surface area contributed by atoms with Gasteiger partial charge in [0, 0.05) is 37.3 Å². The van der Waals surface area contributed by atoms with Crippen LogP contribution >= 0.6 is 11.6 Å². The molecule has 0 aliphatic carbocycles. The second kappa shape index (κ2) is 9.35. The maximum absolute atomic E-state index is 13.4. The highest BCUT2D eigenvalue weighted by molar-refractivity contribution is 7.90. The molecule has 0 spiro atoms. The van der Waals surface area contributed by atoms with Gasteiger partial charge in [0.15, 0.2) is 5.65 Å². The maximum atomic E-state index is 13.4. The Hall–Kier alpha value is -3.20. The van der Waals surface area contributed by atoms with Crippen LogP contribution in [0.3, 0.4) is 0 Å². The average molecular weight is 520 g/mol. The van der Waals surface area contributed by atoms with Crippen LogP contribution in [0.15, 0.2) is 84.0 Å². The molecule has 6 rings (SSSR count). The minimum Gasteiger partial charge on any atom is -0.323 e. The first-order chi connectivity index (χ1) is 17.6. The highest BCUT2D eigenvalue weighted by atomic mass is 35.5. The Kier molecular flexibility index (Phi) is 6.03. The second-order valence-corrected chi connectivity index (χ2v) is 11.3. The molecule has 5 aromatic rings. The number of benzene rings is 2. The van der Waals surface area contributed by atoms with Crippen molar-refractivity contribution < 1.29 is 8.42 Å². The third kappa shape index (κ3) is 3.99. The van der Waals surface area contributed by atoms with Crippen LogP contribution in [-0.2, 0) is 22.4 Å². The number of nitrogens with zero attached hydrogens (tertiary/aromatic N) is 5. The molecule has 1 fully saturated rings. The average Bonchev–Trinajstić information content (AvgIpc) is 3.52. The van der Waals surface area contributed by atoms with E-state index in [0.29, 0.717) is 5.65 Å². The van der Waals surface area contributed by atoms with Crippen molar-refractivity contribution in [2.75, 3.05) is 13.1 Å². The summed E-state index contributed by atoms with van der Waals surface area (Å²) in [5.41, 5.74) is 3.35. The third-order valence-electron chi connectivity index (χ3n) is 6.99. The fourth-order valence-corrected chi connectivity index (χ4v) is 6.77. The number of rotatable bonds is 6. The fourth-order valence-electron chi connectivity index (χ4n) is 5.26. The number of halogens is 1. The number of hydrogen-bond donors (Lipinski definition) is 0. The van der Waals surface area contributed by atoms with Gasteiger partial charge in [-0.25, -0.2) is 22.4 Å². The number of likely N-dealkylation sites (tertiary alicyclic amines) is 1. The van der Waals surface area contributed by atoms with Crippen molar-refractivity contribution in [3.05, 3.63) is 90.5 Å². The molecule has 0 radical (unpaired) electrons. The van der Waals surface area contributed by atoms with E-state index in [1.54, 1.807) is 42.7 Å². The molecule has 7 nitrogen and oxygen atoms in total. The van der Waals surface area contributed by atoms with Crippen LogP contribution in [0.4, 0.5) is 0 Å². The molecule has 36 heavy (non-hydrogen) atoms. The number of pyridine rings is 1. The summed E-state index contributed by atoms with van der Waals surface area (Å²) in [7, 11) is -3.77. The van der Waals surface area contributed by atoms with Crippen LogP contribution in [0.25, 0.3) is 22.1 Å². The smallest absolute Gasteiger partial charge is 0.269 e. The monoisotopic (exact) mass is 519 g/mol. The molecular formula is C27H26ClN5O2S. The van der Waals surface area contributed by atoms with E-state index in [-0.39, 0.29) is 16.8 Å². The van der Waals surface area contributed by atoms with Crippen LogP contribution in [0.5, 0.6) is 0 Å². The molecule has 0 atom stereocenters. The van der Waals surface area contributed by atoms with E-state index in [4.69, 9.17) is 16.6 Å². The Morgan fingerprint density at radius 2 is 1.64 bits per heavy atom. The van der Waals surface area contributed by atoms with Gasteiger partial charge in [-0.05, 0) is 36.6 Å². The molecule has 0 bridgehead atoms. The second-order valence-electron chi connectivity index (χ2n) is 9.18. The molecule has 1 aliphatic heterocycles. The fraction of sp³-hybridized carbons (Fsp3) is 0.259. The zero-order chi connectivity index (χ0) is 24.7. The van der Waals surface area contributed by atoms with Gasteiger partial charge < -0.3 is 4.57 Å². The normalized spacial score (nSPS) is 15.7. The first-order valence-electron chi connectivity index (χ1n) is 12.1. The van der Waals surface area contributed by atoms with Gasteiger partial charge in [-0.15, -0.1) is 11.6 Å². The van der Waals surface area contributed by atoms with Crippen LogP contribution in [0.1, 0.15) is 30.3 Å². The molecule has 0 N–H and O–H groups in total. The summed E-state index contributed by atoms with van der Waals surface area (Å²) in [6, 6.07) is 21.0. The van der Waals surface area contributed by atoms with Crippen LogP contribution in [0.2, 0.25) is 0 Å². The van der Waals surface area contributed by atoms with E-state index in [1.807, 2.05) is 12.1 Å². The number of hydrogen-bond acceptors (Lipinski definition) is 5. The van der Waals surface area contributed by atoms with Crippen molar-refractivity contribution in [3.8, 4) is 0 Å². The summed E-state index contributed by atoms with van der Waals surface area (Å²) in [6.45, 7) is 2.88. The van der Waals surface area contributed by atoms with Gasteiger partial charge in [0.1, 0.15) is 11.3 Å². The highest BCUT2D eigenvalue weighted by Crippen LogP contribution is 2.34. The third-order valence-corrected chi connectivity index (χ3v) is 8.91. The van der Waals surface area contributed by atoms with Gasteiger partial charge >= 0.3 is 0 Å². The van der Waals surface area contributed by atoms with Gasteiger partial charge in [0.05, 0.1) is 22.5 Å². The minimum absolute atomic E-state index is 0.227. The van der Waals surface area contributed by atoms with Gasteiger partial charge in [-0.2, -0.15) is 0 Å². The number of aromatic nitrogens is 4. The Bertz CT molecular complexity index is 1620. The Balaban J connectivity index is 1.37. The summed E-state index contributed by atoms with van der Waals surface area (Å²) in [4.78, 5) is 12.0. The van der Waals surface area contributed by atoms with E-state index in [1.165, 1.54) is 9.54 Å². The zero-order valence-corrected chi connectivity index (χ0v) is 21.2. The van der Waals surface area contributed by atoms with E-state index in [9.17, 15) is 8.42 Å². The molecule has 184 valence electrons. The van der Waals surface area contributed by atoms with Crippen molar-refractivity contribution >= 4 is 43.7 Å². The zero-order valence-electron chi connectivity index (χ0n) is 19.7. The molecule has 0 saturated carbocycles. The van der Waals surface area contributed by atoms with Crippen molar-refractivity contribution in [3.63, 3.8) is 0 Å².